The van der Waals surface area contributed by atoms with Crippen LogP contribution in [0, 0.1) is 13.8 Å². The molecule has 0 spiro atoms. The van der Waals surface area contributed by atoms with Gasteiger partial charge < -0.3 is 20.1 Å². The van der Waals surface area contributed by atoms with Crippen molar-refractivity contribution in [2.24, 2.45) is 0 Å². The summed E-state index contributed by atoms with van der Waals surface area (Å²) in [6.45, 7) is 8.97. The third-order valence-corrected chi connectivity index (χ3v) is 3.84. The molecule has 1 aromatic heterocycles. The molecule has 0 bridgehead atoms. The first kappa shape index (κ1) is 17.7. The molecule has 0 aliphatic rings. The summed E-state index contributed by atoms with van der Waals surface area (Å²) >= 11 is 0. The molecule has 0 saturated heterocycles. The topological polar surface area (TPSA) is 74.4 Å². The molecule has 0 radical (unpaired) electrons. The summed E-state index contributed by atoms with van der Waals surface area (Å²) in [5, 5.41) is 14.0. The Morgan fingerprint density at radius 1 is 1.26 bits per heavy atom. The molecule has 23 heavy (non-hydrogen) atoms. The van der Waals surface area contributed by atoms with E-state index in [9.17, 15) is 9.90 Å². The van der Waals surface area contributed by atoms with Crippen molar-refractivity contribution in [2.75, 3.05) is 13.2 Å². The van der Waals surface area contributed by atoms with Crippen molar-refractivity contribution < 1.29 is 9.84 Å². The molecule has 3 N–H and O–H groups in total. The number of H-pyrrole nitrogens is 1. The van der Waals surface area contributed by atoms with Crippen LogP contribution in [0.5, 0.6) is 0 Å². The number of hydrogen-bond donors (Lipinski definition) is 3. The highest BCUT2D eigenvalue weighted by molar-refractivity contribution is 5.85. The molecule has 0 saturated carbocycles. The average Bonchev–Trinajstić information content (AvgIpc) is 2.50. The fraction of sp³-hybridized carbons (Fsp3) is 0.500. The van der Waals surface area contributed by atoms with Crippen LogP contribution < -0.4 is 10.9 Å². The van der Waals surface area contributed by atoms with Crippen LogP contribution in [0.2, 0.25) is 0 Å². The predicted molar refractivity (Wildman–Crippen MR) is 92.8 cm³/mol. The summed E-state index contributed by atoms with van der Waals surface area (Å²) in [5.41, 5.74) is 3.66. The highest BCUT2D eigenvalue weighted by atomic mass is 16.5. The molecule has 0 aliphatic carbocycles. The zero-order valence-electron chi connectivity index (χ0n) is 14.3. The number of aromatic amines is 1. The minimum Gasteiger partial charge on any atom is -0.389 e. The van der Waals surface area contributed by atoms with Gasteiger partial charge in [-0.1, -0.05) is 12.1 Å². The van der Waals surface area contributed by atoms with E-state index >= 15 is 0 Å². The Bertz CT molecular complexity index is 722. The smallest absolute Gasteiger partial charge is 0.252 e. The van der Waals surface area contributed by atoms with E-state index in [4.69, 9.17) is 4.74 Å². The van der Waals surface area contributed by atoms with Crippen LogP contribution in [-0.2, 0) is 11.3 Å². The van der Waals surface area contributed by atoms with Crippen LogP contribution in [0.25, 0.3) is 10.9 Å². The van der Waals surface area contributed by atoms with Gasteiger partial charge in [-0.3, -0.25) is 4.79 Å². The normalized spacial score (nSPS) is 13.0. The number of benzene rings is 1. The Hall–Kier alpha value is -1.69. The first-order chi connectivity index (χ1) is 10.9. The zero-order valence-corrected chi connectivity index (χ0v) is 14.3. The van der Waals surface area contributed by atoms with Crippen molar-refractivity contribution in [1.82, 2.24) is 10.3 Å². The summed E-state index contributed by atoms with van der Waals surface area (Å²) in [6.07, 6.45) is -0.486. The molecular weight excluding hydrogens is 292 g/mol. The minimum atomic E-state index is -0.582. The third kappa shape index (κ3) is 4.64. The van der Waals surface area contributed by atoms with Gasteiger partial charge in [0.15, 0.2) is 0 Å². The molecule has 1 atom stereocenters. The molecule has 1 aromatic carbocycles. The summed E-state index contributed by atoms with van der Waals surface area (Å²) in [6, 6.07) is 6.00. The second-order valence-electron chi connectivity index (χ2n) is 6.28. The van der Waals surface area contributed by atoms with E-state index in [2.05, 4.69) is 16.4 Å². The first-order valence-electron chi connectivity index (χ1n) is 8.01. The molecule has 5 heteroatoms. The molecule has 0 amide bonds. The molecule has 5 nitrogen and oxygen atoms in total. The molecule has 126 valence electrons. The number of nitrogens with one attached hydrogen (secondary N) is 2. The van der Waals surface area contributed by atoms with Crippen molar-refractivity contribution in [3.05, 3.63) is 45.2 Å². The maximum atomic E-state index is 12.2. The van der Waals surface area contributed by atoms with E-state index in [0.717, 1.165) is 22.0 Å². The number of pyridine rings is 1. The largest absolute Gasteiger partial charge is 0.389 e. The summed E-state index contributed by atoms with van der Waals surface area (Å²) in [7, 11) is 0. The summed E-state index contributed by atoms with van der Waals surface area (Å²) < 4.78 is 5.36. The highest BCUT2D eigenvalue weighted by Crippen LogP contribution is 2.19. The van der Waals surface area contributed by atoms with Crippen molar-refractivity contribution >= 4 is 10.9 Å². The Labute approximate surface area is 136 Å². The van der Waals surface area contributed by atoms with E-state index in [1.165, 1.54) is 0 Å². The van der Waals surface area contributed by atoms with Crippen LogP contribution in [0.4, 0.5) is 0 Å². The van der Waals surface area contributed by atoms with Crippen molar-refractivity contribution in [3.8, 4) is 0 Å². The van der Waals surface area contributed by atoms with Crippen molar-refractivity contribution in [2.45, 2.75) is 46.4 Å². The number of aliphatic hydroxyl groups excluding tert-OH is 1. The van der Waals surface area contributed by atoms with Crippen LogP contribution in [0.15, 0.2) is 23.0 Å². The molecule has 0 fully saturated rings. The van der Waals surface area contributed by atoms with Gasteiger partial charge in [-0.05, 0) is 44.9 Å². The average molecular weight is 318 g/mol. The number of aromatic nitrogens is 1. The summed E-state index contributed by atoms with van der Waals surface area (Å²) in [5.74, 6) is 0. The van der Waals surface area contributed by atoms with E-state index in [1.54, 1.807) is 0 Å². The minimum absolute atomic E-state index is 0.0911. The predicted octanol–water partition coefficient (Wildman–Crippen LogP) is 2.02. The van der Waals surface area contributed by atoms with Crippen LogP contribution in [0.3, 0.4) is 0 Å². The van der Waals surface area contributed by atoms with Gasteiger partial charge in [0.2, 0.25) is 0 Å². The number of aliphatic hydroxyl groups is 1. The van der Waals surface area contributed by atoms with Gasteiger partial charge >= 0.3 is 0 Å². The van der Waals surface area contributed by atoms with E-state index in [-0.39, 0.29) is 18.3 Å². The van der Waals surface area contributed by atoms with Gasteiger partial charge in [0.25, 0.3) is 5.56 Å². The van der Waals surface area contributed by atoms with Crippen molar-refractivity contribution in [3.63, 3.8) is 0 Å². The third-order valence-electron chi connectivity index (χ3n) is 3.84. The van der Waals surface area contributed by atoms with Crippen molar-refractivity contribution in [1.29, 1.82) is 0 Å². The number of aryl methyl sites for hydroxylation is 2. The standard InChI is InChI=1S/C18H26N2O3/c1-11(2)23-10-15(21)9-19-8-14-7-16-12(3)5-6-13(4)17(16)20-18(14)22/h5-7,11,15,19,21H,8-10H2,1-4H3,(H,20,22). The number of fused-ring (bicyclic) bond motifs is 1. The Kier molecular flexibility index (Phi) is 5.93. The molecule has 2 aromatic rings. The maximum Gasteiger partial charge on any atom is 0.252 e. The van der Waals surface area contributed by atoms with Gasteiger partial charge in [-0.15, -0.1) is 0 Å². The summed E-state index contributed by atoms with van der Waals surface area (Å²) in [4.78, 5) is 15.2. The SMILES string of the molecule is Cc1ccc(C)c2[nH]c(=O)c(CNCC(O)COC(C)C)cc12. The fourth-order valence-corrected chi connectivity index (χ4v) is 2.49. The molecule has 1 heterocycles. The van der Waals surface area contributed by atoms with Crippen LogP contribution in [-0.4, -0.2) is 35.5 Å². The second-order valence-corrected chi connectivity index (χ2v) is 6.28. The quantitative estimate of drug-likeness (QED) is 0.730. The molecule has 1 unspecified atom stereocenters. The Morgan fingerprint density at radius 3 is 2.65 bits per heavy atom. The lowest BCUT2D eigenvalue weighted by Crippen LogP contribution is -2.32. The lowest BCUT2D eigenvalue weighted by Gasteiger charge is -2.14. The number of rotatable bonds is 7. The van der Waals surface area contributed by atoms with Gasteiger partial charge in [0, 0.05) is 24.0 Å². The van der Waals surface area contributed by atoms with Crippen LogP contribution >= 0.6 is 0 Å². The van der Waals surface area contributed by atoms with E-state index in [1.807, 2.05) is 39.8 Å². The van der Waals surface area contributed by atoms with Gasteiger partial charge in [-0.25, -0.2) is 0 Å². The monoisotopic (exact) mass is 318 g/mol. The van der Waals surface area contributed by atoms with Crippen LogP contribution in [0.1, 0.15) is 30.5 Å². The second kappa shape index (κ2) is 7.73. The van der Waals surface area contributed by atoms with E-state index in [0.29, 0.717) is 18.7 Å². The Balaban J connectivity index is 2.05. The van der Waals surface area contributed by atoms with Gasteiger partial charge in [0.05, 0.1) is 24.3 Å². The highest BCUT2D eigenvalue weighted by Gasteiger charge is 2.09. The molecule has 2 rings (SSSR count). The van der Waals surface area contributed by atoms with Gasteiger partial charge in [-0.2, -0.15) is 0 Å². The fourth-order valence-electron chi connectivity index (χ4n) is 2.49. The maximum absolute atomic E-state index is 12.2. The lowest BCUT2D eigenvalue weighted by atomic mass is 10.0. The number of hydrogen-bond acceptors (Lipinski definition) is 4. The van der Waals surface area contributed by atoms with Gasteiger partial charge in [0.1, 0.15) is 0 Å². The first-order valence-corrected chi connectivity index (χ1v) is 8.01. The zero-order chi connectivity index (χ0) is 17.0. The van der Waals surface area contributed by atoms with E-state index < -0.39 is 6.10 Å². The molecular formula is C18H26N2O3. The number of ether oxygens (including phenoxy) is 1. The Morgan fingerprint density at radius 2 is 1.96 bits per heavy atom. The molecule has 0 aliphatic heterocycles. The lowest BCUT2D eigenvalue weighted by molar-refractivity contribution is 0.00629.